The van der Waals surface area contributed by atoms with E-state index in [0.717, 1.165) is 23.2 Å². The van der Waals surface area contributed by atoms with Gasteiger partial charge in [-0.05, 0) is 30.5 Å². The standard InChI is InChI=1S/C23H21FN6O4S/c1-15(12-21-25-13-17(24)14-26-21)35(32,33)30-23(29-28-22(31)20-10-5-11-34-20)27-19-9-4-7-16-6-2-3-8-18(16)19/h2-11,13-15H,12H2,1H3,(H,28,31)(H2,27,29,30)/t15-/m1/s1. The molecule has 4 rings (SSSR count). The average molecular weight is 497 g/mol. The number of nitrogens with zero attached hydrogens (tertiary/aromatic N) is 3. The highest BCUT2D eigenvalue weighted by molar-refractivity contribution is 7.90. The van der Waals surface area contributed by atoms with Crippen LogP contribution in [0.1, 0.15) is 23.3 Å². The first-order valence-corrected chi connectivity index (χ1v) is 12.0. The number of rotatable bonds is 6. The van der Waals surface area contributed by atoms with Crippen LogP contribution in [-0.2, 0) is 16.4 Å². The first-order valence-electron chi connectivity index (χ1n) is 10.5. The van der Waals surface area contributed by atoms with Crippen molar-refractivity contribution in [1.82, 2.24) is 20.8 Å². The van der Waals surface area contributed by atoms with E-state index in [1.54, 1.807) is 18.2 Å². The van der Waals surface area contributed by atoms with Gasteiger partial charge < -0.3 is 9.73 Å². The number of anilines is 1. The summed E-state index contributed by atoms with van der Waals surface area (Å²) in [5.41, 5.74) is 5.45. The van der Waals surface area contributed by atoms with Gasteiger partial charge in [-0.2, -0.15) is 0 Å². The van der Waals surface area contributed by atoms with Crippen LogP contribution >= 0.6 is 0 Å². The minimum Gasteiger partial charge on any atom is -0.459 e. The Bertz CT molecular complexity index is 1450. The van der Waals surface area contributed by atoms with Gasteiger partial charge in [-0.3, -0.25) is 15.6 Å². The molecule has 12 heteroatoms. The molecule has 0 aliphatic carbocycles. The van der Waals surface area contributed by atoms with Gasteiger partial charge in [0, 0.05) is 17.5 Å². The van der Waals surface area contributed by atoms with Gasteiger partial charge in [0.1, 0.15) is 5.82 Å². The molecule has 35 heavy (non-hydrogen) atoms. The summed E-state index contributed by atoms with van der Waals surface area (Å²) in [5.74, 6) is -1.33. The summed E-state index contributed by atoms with van der Waals surface area (Å²) in [6, 6.07) is 15.9. The van der Waals surface area contributed by atoms with E-state index < -0.39 is 27.0 Å². The van der Waals surface area contributed by atoms with Crippen molar-refractivity contribution in [2.24, 2.45) is 4.40 Å². The Hall–Kier alpha value is -4.32. The molecule has 10 nitrogen and oxygen atoms in total. The normalized spacial score (nSPS) is 12.8. The Morgan fingerprint density at radius 3 is 2.54 bits per heavy atom. The predicted octanol–water partition coefficient (Wildman–Crippen LogP) is 3.03. The van der Waals surface area contributed by atoms with E-state index in [2.05, 4.69) is 30.5 Å². The third kappa shape index (κ3) is 5.98. The zero-order chi connectivity index (χ0) is 24.8. The SMILES string of the molecule is C[C@H](Cc1ncc(F)cn1)S(=O)(=O)N=C(NNC(=O)c1ccco1)Nc1cccc2ccccc12. The summed E-state index contributed by atoms with van der Waals surface area (Å²) in [6.45, 7) is 1.43. The Balaban J connectivity index is 1.61. The van der Waals surface area contributed by atoms with E-state index in [1.165, 1.54) is 19.3 Å². The number of hydrogen-bond acceptors (Lipinski definition) is 6. The number of carbonyl (C=O) groups excluding carboxylic acids is 1. The molecule has 0 aliphatic heterocycles. The van der Waals surface area contributed by atoms with Gasteiger partial charge in [0.2, 0.25) is 5.96 Å². The minimum absolute atomic E-state index is 0.0201. The fourth-order valence-corrected chi connectivity index (χ4v) is 4.03. The molecule has 2 heterocycles. The van der Waals surface area contributed by atoms with Crippen LogP contribution < -0.4 is 16.2 Å². The molecule has 0 unspecified atom stereocenters. The molecule has 2 aromatic carbocycles. The smallest absolute Gasteiger partial charge is 0.305 e. The Labute approximate surface area is 200 Å². The molecule has 0 radical (unpaired) electrons. The van der Waals surface area contributed by atoms with Crippen LogP contribution in [0, 0.1) is 5.82 Å². The number of nitrogens with one attached hydrogen (secondary N) is 3. The molecule has 180 valence electrons. The fourth-order valence-electron chi connectivity index (χ4n) is 3.15. The zero-order valence-corrected chi connectivity index (χ0v) is 19.3. The second-order valence-corrected chi connectivity index (χ2v) is 9.51. The average Bonchev–Trinajstić information content (AvgIpc) is 3.39. The lowest BCUT2D eigenvalue weighted by molar-refractivity contribution is 0.0916. The monoisotopic (exact) mass is 496 g/mol. The van der Waals surface area contributed by atoms with Crippen LogP contribution in [0.3, 0.4) is 0 Å². The number of guanidine groups is 1. The molecule has 4 aromatic rings. The lowest BCUT2D eigenvalue weighted by Gasteiger charge is -2.16. The van der Waals surface area contributed by atoms with Gasteiger partial charge in [0.05, 0.1) is 23.9 Å². The topological polar surface area (TPSA) is 139 Å². The number of amides is 1. The van der Waals surface area contributed by atoms with E-state index in [0.29, 0.717) is 5.69 Å². The summed E-state index contributed by atoms with van der Waals surface area (Å²) in [7, 11) is -4.13. The Morgan fingerprint density at radius 2 is 1.80 bits per heavy atom. The molecule has 3 N–H and O–H groups in total. The second kappa shape index (κ2) is 10.3. The van der Waals surface area contributed by atoms with E-state index in [1.807, 2.05) is 30.3 Å². The number of carbonyl (C=O) groups is 1. The number of hydrogen-bond donors (Lipinski definition) is 3. The third-order valence-electron chi connectivity index (χ3n) is 4.95. The van der Waals surface area contributed by atoms with Crippen molar-refractivity contribution in [2.45, 2.75) is 18.6 Å². The molecule has 1 amide bonds. The maximum Gasteiger partial charge on any atom is 0.305 e. The van der Waals surface area contributed by atoms with Gasteiger partial charge in [-0.25, -0.2) is 22.8 Å². The Kier molecular flexibility index (Phi) is 7.01. The molecule has 2 aromatic heterocycles. The molecular weight excluding hydrogens is 475 g/mol. The van der Waals surface area contributed by atoms with Gasteiger partial charge in [-0.1, -0.05) is 36.4 Å². The molecule has 0 aliphatic rings. The van der Waals surface area contributed by atoms with Crippen LogP contribution in [-0.4, -0.2) is 35.5 Å². The molecule has 0 fully saturated rings. The second-order valence-electron chi connectivity index (χ2n) is 7.50. The number of hydrazine groups is 1. The predicted molar refractivity (Wildman–Crippen MR) is 128 cm³/mol. The number of benzene rings is 2. The van der Waals surface area contributed by atoms with Gasteiger partial charge in [0.25, 0.3) is 10.0 Å². The number of sulfonamides is 1. The Morgan fingerprint density at radius 1 is 1.06 bits per heavy atom. The largest absolute Gasteiger partial charge is 0.459 e. The molecule has 1 atom stereocenters. The summed E-state index contributed by atoms with van der Waals surface area (Å²) < 4.78 is 48.0. The highest BCUT2D eigenvalue weighted by atomic mass is 32.2. The van der Waals surface area contributed by atoms with Crippen LogP contribution in [0.15, 0.2) is 82.1 Å². The number of aromatic nitrogens is 2. The molecule has 0 spiro atoms. The lowest BCUT2D eigenvalue weighted by atomic mass is 10.1. The summed E-state index contributed by atoms with van der Waals surface area (Å²) in [5, 5.41) is 3.63. The van der Waals surface area contributed by atoms with Crippen molar-refractivity contribution in [3.8, 4) is 0 Å². The number of furan rings is 1. The van der Waals surface area contributed by atoms with Crippen molar-refractivity contribution in [3.05, 3.63) is 90.7 Å². The number of fused-ring (bicyclic) bond motifs is 1. The van der Waals surface area contributed by atoms with E-state index >= 15 is 0 Å². The summed E-state index contributed by atoms with van der Waals surface area (Å²) in [4.78, 5) is 19.9. The molecule has 0 bridgehead atoms. The van der Waals surface area contributed by atoms with Crippen molar-refractivity contribution in [3.63, 3.8) is 0 Å². The third-order valence-corrected chi connectivity index (χ3v) is 6.57. The summed E-state index contributed by atoms with van der Waals surface area (Å²) >= 11 is 0. The highest BCUT2D eigenvalue weighted by Gasteiger charge is 2.23. The van der Waals surface area contributed by atoms with Crippen LogP contribution in [0.2, 0.25) is 0 Å². The van der Waals surface area contributed by atoms with Gasteiger partial charge in [0.15, 0.2) is 11.6 Å². The van der Waals surface area contributed by atoms with Gasteiger partial charge in [-0.15, -0.1) is 4.40 Å². The number of halogens is 1. The summed E-state index contributed by atoms with van der Waals surface area (Å²) in [6.07, 6.45) is 3.17. The zero-order valence-electron chi connectivity index (χ0n) is 18.5. The minimum atomic E-state index is -4.13. The first kappa shape index (κ1) is 23.8. The van der Waals surface area contributed by atoms with Crippen molar-refractivity contribution in [1.29, 1.82) is 0 Å². The van der Waals surface area contributed by atoms with Crippen LogP contribution in [0.5, 0.6) is 0 Å². The van der Waals surface area contributed by atoms with E-state index in [4.69, 9.17) is 4.42 Å². The first-order chi connectivity index (χ1) is 16.8. The lowest BCUT2D eigenvalue weighted by Crippen LogP contribution is -2.45. The van der Waals surface area contributed by atoms with Gasteiger partial charge >= 0.3 is 5.91 Å². The maximum atomic E-state index is 13.1. The quantitative estimate of drug-likeness (QED) is 0.210. The van der Waals surface area contributed by atoms with Crippen LogP contribution in [0.4, 0.5) is 10.1 Å². The fraction of sp³-hybridized carbons (Fsp3) is 0.130. The van der Waals surface area contributed by atoms with Crippen LogP contribution in [0.25, 0.3) is 10.8 Å². The molecular formula is C23H21FN6O4S. The van der Waals surface area contributed by atoms with Crippen molar-refractivity contribution < 1.29 is 22.0 Å². The maximum absolute atomic E-state index is 13.1. The molecule has 0 saturated carbocycles. The van der Waals surface area contributed by atoms with E-state index in [-0.39, 0.29) is 24.0 Å². The van der Waals surface area contributed by atoms with Crippen molar-refractivity contribution >= 4 is 38.3 Å². The van der Waals surface area contributed by atoms with Crippen molar-refractivity contribution in [2.75, 3.05) is 5.32 Å². The molecule has 0 saturated heterocycles. The van der Waals surface area contributed by atoms with E-state index in [9.17, 15) is 17.6 Å². The highest BCUT2D eigenvalue weighted by Crippen LogP contribution is 2.23.